The molecule has 0 fully saturated rings. The number of hydrogen-bond donors (Lipinski definition) is 1. The molecule has 7 nitrogen and oxygen atoms in total. The van der Waals surface area contributed by atoms with Crippen LogP contribution in [0.2, 0.25) is 0 Å². The van der Waals surface area contributed by atoms with E-state index in [0.29, 0.717) is 37.1 Å². The maximum Gasteiger partial charge on any atom is 0.305 e. The van der Waals surface area contributed by atoms with E-state index in [4.69, 9.17) is 4.74 Å². The summed E-state index contributed by atoms with van der Waals surface area (Å²) >= 11 is 0. The van der Waals surface area contributed by atoms with Gasteiger partial charge in [0.15, 0.2) is 0 Å². The van der Waals surface area contributed by atoms with Gasteiger partial charge in [0.2, 0.25) is 0 Å². The van der Waals surface area contributed by atoms with Crippen LogP contribution in [-0.2, 0) is 16.1 Å². The number of amides is 1. The van der Waals surface area contributed by atoms with E-state index in [1.807, 2.05) is 13.0 Å². The van der Waals surface area contributed by atoms with E-state index in [2.05, 4.69) is 15.6 Å². The van der Waals surface area contributed by atoms with E-state index in [1.165, 1.54) is 0 Å². The van der Waals surface area contributed by atoms with Crippen molar-refractivity contribution in [3.8, 4) is 0 Å². The maximum absolute atomic E-state index is 12.1. The first-order valence-electron chi connectivity index (χ1n) is 7.42. The van der Waals surface area contributed by atoms with Crippen LogP contribution in [0.1, 0.15) is 37.0 Å². The summed E-state index contributed by atoms with van der Waals surface area (Å²) in [6.45, 7) is 5.29. The number of carbonyl (C=O) groups excluding carboxylic acids is 2. The number of fused-ring (bicyclic) bond motifs is 1. The molecule has 0 radical (unpaired) electrons. The van der Waals surface area contributed by atoms with Gasteiger partial charge in [-0.15, -0.1) is 5.10 Å². The molecule has 118 valence electrons. The zero-order valence-corrected chi connectivity index (χ0v) is 12.8. The Morgan fingerprint density at radius 1 is 1.32 bits per heavy atom. The molecule has 0 spiro atoms. The lowest BCUT2D eigenvalue weighted by Gasteiger charge is -2.05. The second-order valence-electron chi connectivity index (χ2n) is 4.77. The van der Waals surface area contributed by atoms with Gasteiger partial charge in [-0.3, -0.25) is 9.59 Å². The highest BCUT2D eigenvalue weighted by Gasteiger charge is 2.09. The van der Waals surface area contributed by atoms with Gasteiger partial charge in [-0.05, 0) is 38.5 Å². The normalized spacial score (nSPS) is 10.6. The average Bonchev–Trinajstić information content (AvgIpc) is 2.93. The molecule has 0 aliphatic carbocycles. The molecule has 1 aromatic heterocycles. The zero-order chi connectivity index (χ0) is 15.9. The lowest BCUT2D eigenvalue weighted by molar-refractivity contribution is -0.143. The molecule has 7 heteroatoms. The van der Waals surface area contributed by atoms with E-state index in [1.54, 1.807) is 23.7 Å². The average molecular weight is 304 g/mol. The predicted molar refractivity (Wildman–Crippen MR) is 81.4 cm³/mol. The molecule has 0 aliphatic heterocycles. The third kappa shape index (κ3) is 3.81. The topological polar surface area (TPSA) is 86.1 Å². The Labute approximate surface area is 128 Å². The molecule has 0 bridgehead atoms. The van der Waals surface area contributed by atoms with Crippen molar-refractivity contribution in [3.63, 3.8) is 0 Å². The summed E-state index contributed by atoms with van der Waals surface area (Å²) in [6, 6.07) is 5.31. The third-order valence-corrected chi connectivity index (χ3v) is 3.22. The maximum atomic E-state index is 12.1. The van der Waals surface area contributed by atoms with E-state index < -0.39 is 0 Å². The Balaban J connectivity index is 1.88. The van der Waals surface area contributed by atoms with Crippen molar-refractivity contribution in [2.45, 2.75) is 33.2 Å². The van der Waals surface area contributed by atoms with Crippen LogP contribution in [0.3, 0.4) is 0 Å². The second-order valence-corrected chi connectivity index (χ2v) is 4.77. The van der Waals surface area contributed by atoms with Gasteiger partial charge in [0, 0.05) is 25.1 Å². The molecule has 0 atom stereocenters. The van der Waals surface area contributed by atoms with E-state index in [9.17, 15) is 9.59 Å². The van der Waals surface area contributed by atoms with Crippen molar-refractivity contribution in [2.75, 3.05) is 13.2 Å². The standard InChI is InChI=1S/C15H20N4O3/c1-3-19-13-8-7-11(10-12(13)17-18-19)15(21)16-9-5-6-14(20)22-4-2/h7-8,10H,3-6,9H2,1-2H3,(H,16,21). The Morgan fingerprint density at radius 3 is 2.86 bits per heavy atom. The molecule has 2 rings (SSSR count). The Kier molecular flexibility index (Phi) is 5.46. The van der Waals surface area contributed by atoms with Crippen molar-refractivity contribution in [2.24, 2.45) is 0 Å². The van der Waals surface area contributed by atoms with Crippen LogP contribution in [0, 0.1) is 0 Å². The van der Waals surface area contributed by atoms with Gasteiger partial charge in [0.25, 0.3) is 5.91 Å². The molecule has 0 aliphatic rings. The molecule has 1 N–H and O–H groups in total. The van der Waals surface area contributed by atoms with Crippen LogP contribution in [0.25, 0.3) is 11.0 Å². The van der Waals surface area contributed by atoms with Crippen molar-refractivity contribution in [1.82, 2.24) is 20.3 Å². The number of nitrogens with one attached hydrogen (secondary N) is 1. The molecule has 22 heavy (non-hydrogen) atoms. The van der Waals surface area contributed by atoms with Crippen LogP contribution in [0.4, 0.5) is 0 Å². The van der Waals surface area contributed by atoms with Crippen LogP contribution in [0.15, 0.2) is 18.2 Å². The van der Waals surface area contributed by atoms with E-state index in [0.717, 1.165) is 12.1 Å². The molecule has 1 aromatic carbocycles. The van der Waals surface area contributed by atoms with Crippen molar-refractivity contribution in [1.29, 1.82) is 0 Å². The summed E-state index contributed by atoms with van der Waals surface area (Å²) in [5.74, 6) is -0.425. The van der Waals surface area contributed by atoms with Gasteiger partial charge in [-0.2, -0.15) is 0 Å². The largest absolute Gasteiger partial charge is 0.466 e. The lowest BCUT2D eigenvalue weighted by atomic mass is 10.2. The van der Waals surface area contributed by atoms with Crippen molar-refractivity contribution < 1.29 is 14.3 Å². The highest BCUT2D eigenvalue weighted by Crippen LogP contribution is 2.13. The first kappa shape index (κ1) is 15.9. The second kappa shape index (κ2) is 7.53. The molecule has 1 amide bonds. The first-order valence-corrected chi connectivity index (χ1v) is 7.42. The lowest BCUT2D eigenvalue weighted by Crippen LogP contribution is -2.25. The highest BCUT2D eigenvalue weighted by atomic mass is 16.5. The number of benzene rings is 1. The van der Waals surface area contributed by atoms with E-state index >= 15 is 0 Å². The zero-order valence-electron chi connectivity index (χ0n) is 12.8. The summed E-state index contributed by atoms with van der Waals surface area (Å²) in [6.07, 6.45) is 0.858. The molecule has 0 saturated heterocycles. The highest BCUT2D eigenvalue weighted by molar-refractivity contribution is 5.97. The number of rotatable bonds is 7. The van der Waals surface area contributed by atoms with E-state index in [-0.39, 0.29) is 11.9 Å². The Bertz CT molecular complexity index is 666. The SMILES string of the molecule is CCOC(=O)CCCNC(=O)c1ccc2c(c1)nnn2CC. The number of aromatic nitrogens is 3. The smallest absolute Gasteiger partial charge is 0.305 e. The number of esters is 1. The van der Waals surface area contributed by atoms with Gasteiger partial charge in [0.05, 0.1) is 12.1 Å². The van der Waals surface area contributed by atoms with Gasteiger partial charge in [0.1, 0.15) is 5.52 Å². The number of nitrogens with zero attached hydrogens (tertiary/aromatic N) is 3. The number of carbonyl (C=O) groups is 2. The first-order chi connectivity index (χ1) is 10.7. The van der Waals surface area contributed by atoms with Crippen LogP contribution < -0.4 is 5.32 Å². The number of aryl methyl sites for hydroxylation is 1. The van der Waals surface area contributed by atoms with Crippen molar-refractivity contribution >= 4 is 22.9 Å². The summed E-state index contributed by atoms with van der Waals surface area (Å²) in [5, 5.41) is 10.8. The minimum Gasteiger partial charge on any atom is -0.466 e. The fraction of sp³-hybridized carbons (Fsp3) is 0.467. The number of hydrogen-bond acceptors (Lipinski definition) is 5. The number of ether oxygens (including phenoxy) is 1. The fourth-order valence-corrected chi connectivity index (χ4v) is 2.12. The molecule has 1 heterocycles. The summed E-state index contributed by atoms with van der Waals surface area (Å²) in [7, 11) is 0. The van der Waals surface area contributed by atoms with Gasteiger partial charge >= 0.3 is 5.97 Å². The third-order valence-electron chi connectivity index (χ3n) is 3.22. The Hall–Kier alpha value is -2.44. The molecule has 0 saturated carbocycles. The van der Waals surface area contributed by atoms with Crippen LogP contribution in [0.5, 0.6) is 0 Å². The minimum atomic E-state index is -0.241. The summed E-state index contributed by atoms with van der Waals surface area (Å²) in [5.41, 5.74) is 2.13. The minimum absolute atomic E-state index is 0.184. The molecule has 2 aromatic rings. The summed E-state index contributed by atoms with van der Waals surface area (Å²) < 4.78 is 6.60. The van der Waals surface area contributed by atoms with Gasteiger partial charge in [-0.1, -0.05) is 5.21 Å². The fourth-order valence-electron chi connectivity index (χ4n) is 2.12. The van der Waals surface area contributed by atoms with Crippen molar-refractivity contribution in [3.05, 3.63) is 23.8 Å². The summed E-state index contributed by atoms with van der Waals surface area (Å²) in [4.78, 5) is 23.2. The Morgan fingerprint density at radius 2 is 2.14 bits per heavy atom. The quantitative estimate of drug-likeness (QED) is 0.619. The van der Waals surface area contributed by atoms with Crippen LogP contribution >= 0.6 is 0 Å². The van der Waals surface area contributed by atoms with Crippen LogP contribution in [-0.4, -0.2) is 40.0 Å². The van der Waals surface area contributed by atoms with Gasteiger partial charge < -0.3 is 10.1 Å². The van der Waals surface area contributed by atoms with Gasteiger partial charge in [-0.25, -0.2) is 4.68 Å². The molecule has 0 unspecified atom stereocenters. The monoisotopic (exact) mass is 304 g/mol. The molecular weight excluding hydrogens is 284 g/mol. The molecular formula is C15H20N4O3. The predicted octanol–water partition coefficient (Wildman–Crippen LogP) is 1.52.